The topological polar surface area (TPSA) is 51.6 Å². The van der Waals surface area contributed by atoms with E-state index >= 15 is 0 Å². The molecule has 0 spiro atoms. The van der Waals surface area contributed by atoms with Crippen LogP contribution in [0.2, 0.25) is 0 Å². The number of fused-ring (bicyclic) bond motifs is 6. The number of benzene rings is 2. The van der Waals surface area contributed by atoms with Crippen molar-refractivity contribution < 1.29 is 0 Å². The van der Waals surface area contributed by atoms with Gasteiger partial charge in [-0.25, -0.2) is 0 Å². The van der Waals surface area contributed by atoms with Crippen LogP contribution in [0.15, 0.2) is 97.6 Å². The fraction of sp³-hybridized carbons (Fsp3) is 0. The molecular formula is C24H16Cl2GaN4. The van der Waals surface area contributed by atoms with Crippen molar-refractivity contribution in [2.24, 2.45) is 0 Å². The molecule has 0 aliphatic rings. The molecule has 149 valence electrons. The summed E-state index contributed by atoms with van der Waals surface area (Å²) in [5.74, 6) is 0. The summed E-state index contributed by atoms with van der Waals surface area (Å²) in [6.07, 6.45) is 7.21. The van der Waals surface area contributed by atoms with Gasteiger partial charge < -0.3 is 0 Å². The fourth-order valence-electron chi connectivity index (χ4n) is 3.36. The zero-order chi connectivity index (χ0) is 21.5. The summed E-state index contributed by atoms with van der Waals surface area (Å²) >= 11 is -0.743. The summed E-state index contributed by atoms with van der Waals surface area (Å²) in [4.78, 5) is 17.4. The molecule has 0 fully saturated rings. The van der Waals surface area contributed by atoms with Gasteiger partial charge in [0.25, 0.3) is 0 Å². The molecule has 4 heterocycles. The SMILES string of the molecule is [Cl][Ga][Cl].c1cnc2c(c1)ccc1cccnc12.c1cnc2c(c1)ccc1cccnc12. The number of hydrogen-bond acceptors (Lipinski definition) is 4. The maximum Gasteiger partial charge on any atom is 0.0964 e. The Morgan fingerprint density at radius 1 is 0.419 bits per heavy atom. The first kappa shape index (κ1) is 21.5. The van der Waals surface area contributed by atoms with Crippen molar-refractivity contribution in [2.45, 2.75) is 0 Å². The Morgan fingerprint density at radius 3 is 0.871 bits per heavy atom. The average Bonchev–Trinajstić information content (AvgIpc) is 2.85. The van der Waals surface area contributed by atoms with Crippen LogP contribution in [-0.2, 0) is 0 Å². The Hall–Kier alpha value is -2.70. The van der Waals surface area contributed by atoms with Crippen LogP contribution in [0.5, 0.6) is 0 Å². The van der Waals surface area contributed by atoms with E-state index in [2.05, 4.69) is 68.5 Å². The van der Waals surface area contributed by atoms with Gasteiger partial charge in [0.05, 0.1) is 22.1 Å². The van der Waals surface area contributed by atoms with Gasteiger partial charge in [-0.15, -0.1) is 0 Å². The minimum atomic E-state index is -0.743. The van der Waals surface area contributed by atoms with E-state index in [-0.39, 0.29) is 0 Å². The Morgan fingerprint density at radius 2 is 0.645 bits per heavy atom. The van der Waals surface area contributed by atoms with Crippen molar-refractivity contribution in [2.75, 3.05) is 0 Å². The van der Waals surface area contributed by atoms with Crippen LogP contribution in [0.1, 0.15) is 0 Å². The predicted molar refractivity (Wildman–Crippen MR) is 132 cm³/mol. The third kappa shape index (κ3) is 4.97. The molecule has 0 aliphatic carbocycles. The molecule has 0 saturated carbocycles. The second-order valence-electron chi connectivity index (χ2n) is 6.51. The third-order valence-corrected chi connectivity index (χ3v) is 4.69. The van der Waals surface area contributed by atoms with E-state index in [1.165, 1.54) is 0 Å². The number of hydrogen-bond donors (Lipinski definition) is 0. The Balaban J connectivity index is 0.000000133. The van der Waals surface area contributed by atoms with Crippen LogP contribution in [0.4, 0.5) is 0 Å². The van der Waals surface area contributed by atoms with Crippen LogP contribution in [-0.4, -0.2) is 35.3 Å². The molecule has 0 aliphatic heterocycles. The second-order valence-corrected chi connectivity index (χ2v) is 10.3. The molecular weight excluding hydrogens is 485 g/mol. The van der Waals surface area contributed by atoms with Crippen LogP contribution in [0, 0.1) is 0 Å². The maximum absolute atomic E-state index is 4.92. The van der Waals surface area contributed by atoms with E-state index in [9.17, 15) is 0 Å². The minimum absolute atomic E-state index is 0.743. The Bertz CT molecular complexity index is 1240. The van der Waals surface area contributed by atoms with Crippen molar-refractivity contribution in [1.29, 1.82) is 0 Å². The van der Waals surface area contributed by atoms with Gasteiger partial charge in [0.1, 0.15) is 0 Å². The van der Waals surface area contributed by atoms with E-state index in [4.69, 9.17) is 19.3 Å². The van der Waals surface area contributed by atoms with Crippen LogP contribution in [0.3, 0.4) is 0 Å². The molecule has 6 aromatic rings. The summed E-state index contributed by atoms with van der Waals surface area (Å²) in [6, 6.07) is 24.3. The normalized spacial score (nSPS) is 10.3. The van der Waals surface area contributed by atoms with Gasteiger partial charge in [-0.2, -0.15) is 0 Å². The molecule has 31 heavy (non-hydrogen) atoms. The van der Waals surface area contributed by atoms with Gasteiger partial charge in [0.2, 0.25) is 0 Å². The zero-order valence-electron chi connectivity index (χ0n) is 16.4. The van der Waals surface area contributed by atoms with Crippen molar-refractivity contribution in [3.05, 3.63) is 97.6 Å². The van der Waals surface area contributed by atoms with Gasteiger partial charge in [0.15, 0.2) is 0 Å². The van der Waals surface area contributed by atoms with Crippen molar-refractivity contribution in [3.63, 3.8) is 0 Å². The third-order valence-electron chi connectivity index (χ3n) is 4.69. The maximum atomic E-state index is 4.92. The van der Waals surface area contributed by atoms with Crippen molar-refractivity contribution in [3.8, 4) is 0 Å². The smallest absolute Gasteiger partial charge is 0.0964 e. The molecule has 1 radical (unpaired) electrons. The molecule has 0 amide bonds. The molecule has 6 rings (SSSR count). The Kier molecular flexibility index (Phi) is 7.33. The summed E-state index contributed by atoms with van der Waals surface area (Å²) in [5, 5.41) is 4.55. The molecule has 0 saturated heterocycles. The molecule has 0 unspecified atom stereocenters. The van der Waals surface area contributed by atoms with Gasteiger partial charge in [-0.3, -0.25) is 19.9 Å². The van der Waals surface area contributed by atoms with E-state index in [0.29, 0.717) is 0 Å². The Labute approximate surface area is 195 Å². The van der Waals surface area contributed by atoms with Crippen molar-refractivity contribution in [1.82, 2.24) is 19.9 Å². The molecule has 4 aromatic heterocycles. The number of rotatable bonds is 0. The number of pyridine rings is 4. The van der Waals surface area contributed by atoms with Crippen LogP contribution in [0.25, 0.3) is 43.6 Å². The molecule has 7 heteroatoms. The molecule has 0 N–H and O–H groups in total. The molecule has 4 nitrogen and oxygen atoms in total. The fourth-order valence-corrected chi connectivity index (χ4v) is 3.36. The standard InChI is InChI=1S/2C12H8N2.2ClH.Ga/c2*1-3-9-5-6-10-4-2-8-14-12(10)11(9)13-7-1;;;/h2*1-8H;2*1H;/q;;;;+2/p-2. The van der Waals surface area contributed by atoms with E-state index in [0.717, 1.165) is 43.6 Å². The van der Waals surface area contributed by atoms with Gasteiger partial charge in [0, 0.05) is 46.3 Å². The first-order valence-corrected chi connectivity index (χ1v) is 15.9. The summed E-state index contributed by atoms with van der Waals surface area (Å²) < 4.78 is 0. The van der Waals surface area contributed by atoms with Crippen LogP contribution >= 0.6 is 19.3 Å². The minimum Gasteiger partial charge on any atom is -0.254 e. The van der Waals surface area contributed by atoms with E-state index < -0.39 is 15.4 Å². The first-order valence-electron chi connectivity index (χ1n) is 9.51. The average molecular weight is 501 g/mol. The number of nitrogens with zero attached hydrogens (tertiary/aromatic N) is 4. The first-order chi connectivity index (χ1) is 15.3. The van der Waals surface area contributed by atoms with E-state index in [1.54, 1.807) is 24.8 Å². The summed E-state index contributed by atoms with van der Waals surface area (Å²) in [7, 11) is 9.84. The molecule has 2 aromatic carbocycles. The largest absolute Gasteiger partial charge is 0.254 e. The van der Waals surface area contributed by atoms with Gasteiger partial charge in [-0.05, 0) is 24.3 Å². The molecule has 0 bridgehead atoms. The van der Waals surface area contributed by atoms with E-state index in [1.807, 2.05) is 24.3 Å². The predicted octanol–water partition coefficient (Wildman–Crippen LogP) is 6.56. The number of halogens is 2. The second kappa shape index (κ2) is 10.6. The van der Waals surface area contributed by atoms with Gasteiger partial charge >= 0.3 is 34.7 Å². The van der Waals surface area contributed by atoms with Crippen LogP contribution < -0.4 is 0 Å². The monoisotopic (exact) mass is 499 g/mol. The zero-order valence-corrected chi connectivity index (χ0v) is 20.3. The van der Waals surface area contributed by atoms with Crippen molar-refractivity contribution >= 4 is 78.3 Å². The summed E-state index contributed by atoms with van der Waals surface area (Å²) in [5.41, 5.74) is 3.91. The number of aromatic nitrogens is 4. The quantitative estimate of drug-likeness (QED) is 0.175. The molecule has 0 atom stereocenters. The van der Waals surface area contributed by atoms with Gasteiger partial charge in [-0.1, -0.05) is 48.5 Å². The summed E-state index contributed by atoms with van der Waals surface area (Å²) in [6.45, 7) is 0.